The summed E-state index contributed by atoms with van der Waals surface area (Å²) < 4.78 is 7.70. The van der Waals surface area contributed by atoms with E-state index >= 15 is 0 Å². The Morgan fingerprint density at radius 2 is 2.26 bits per heavy atom. The number of hydrogen-bond acceptors (Lipinski definition) is 3. The van der Waals surface area contributed by atoms with Crippen LogP contribution in [-0.4, -0.2) is 28.8 Å². The minimum atomic E-state index is 0.240. The van der Waals surface area contributed by atoms with Gasteiger partial charge in [0.1, 0.15) is 5.82 Å². The molecule has 0 amide bonds. The first-order chi connectivity index (χ1) is 9.25. The maximum absolute atomic E-state index is 5.52. The fourth-order valence-corrected chi connectivity index (χ4v) is 2.85. The molecule has 0 saturated carbocycles. The van der Waals surface area contributed by atoms with Crippen LogP contribution < -0.4 is 5.32 Å². The quantitative estimate of drug-likeness (QED) is 0.920. The van der Waals surface area contributed by atoms with Gasteiger partial charge in [-0.3, -0.25) is 0 Å². The Balaban J connectivity index is 1.80. The standard InChI is InChI=1S/C15H21N3O/c1-11(16-12-6-5-9-19-10-12)15-17-13-7-3-4-8-14(13)18(15)2/h3-4,7-8,11-12,16H,5-6,9-10H2,1-2H3. The number of rotatable bonds is 3. The van der Waals surface area contributed by atoms with Crippen molar-refractivity contribution in [1.82, 2.24) is 14.9 Å². The Morgan fingerprint density at radius 3 is 3.00 bits per heavy atom. The molecule has 3 rings (SSSR count). The Morgan fingerprint density at radius 1 is 1.42 bits per heavy atom. The van der Waals surface area contributed by atoms with Crippen molar-refractivity contribution in [2.24, 2.45) is 7.05 Å². The molecule has 1 aliphatic heterocycles. The summed E-state index contributed by atoms with van der Waals surface area (Å²) in [7, 11) is 2.08. The largest absolute Gasteiger partial charge is 0.380 e. The summed E-state index contributed by atoms with van der Waals surface area (Å²) in [5, 5.41) is 3.63. The summed E-state index contributed by atoms with van der Waals surface area (Å²) >= 11 is 0. The number of aryl methyl sites for hydroxylation is 1. The van der Waals surface area contributed by atoms with Crippen molar-refractivity contribution in [1.29, 1.82) is 0 Å². The number of imidazole rings is 1. The van der Waals surface area contributed by atoms with Crippen LogP contribution in [0.3, 0.4) is 0 Å². The lowest BCUT2D eigenvalue weighted by molar-refractivity contribution is 0.0666. The Labute approximate surface area is 113 Å². The third-order valence-electron chi connectivity index (χ3n) is 3.86. The highest BCUT2D eigenvalue weighted by Gasteiger charge is 2.20. The molecular formula is C15H21N3O. The van der Waals surface area contributed by atoms with Gasteiger partial charge in [-0.25, -0.2) is 4.98 Å². The van der Waals surface area contributed by atoms with Gasteiger partial charge < -0.3 is 14.6 Å². The highest BCUT2D eigenvalue weighted by Crippen LogP contribution is 2.20. The Bertz CT molecular complexity index is 558. The number of ether oxygens (including phenoxy) is 1. The van der Waals surface area contributed by atoms with Crippen molar-refractivity contribution in [3.63, 3.8) is 0 Å². The number of fused-ring (bicyclic) bond motifs is 1. The maximum Gasteiger partial charge on any atom is 0.126 e. The zero-order valence-corrected chi connectivity index (χ0v) is 11.6. The smallest absolute Gasteiger partial charge is 0.126 e. The molecule has 0 aliphatic carbocycles. The van der Waals surface area contributed by atoms with Crippen molar-refractivity contribution >= 4 is 11.0 Å². The van der Waals surface area contributed by atoms with Crippen molar-refractivity contribution in [2.75, 3.05) is 13.2 Å². The third-order valence-corrected chi connectivity index (χ3v) is 3.86. The second kappa shape index (κ2) is 5.31. The molecule has 1 N–H and O–H groups in total. The first kappa shape index (κ1) is 12.6. The molecule has 0 bridgehead atoms. The van der Waals surface area contributed by atoms with Gasteiger partial charge in [0.25, 0.3) is 0 Å². The minimum absolute atomic E-state index is 0.240. The molecule has 1 aromatic carbocycles. The van der Waals surface area contributed by atoms with Crippen LogP contribution in [0.5, 0.6) is 0 Å². The van der Waals surface area contributed by atoms with Crippen molar-refractivity contribution < 1.29 is 4.74 Å². The highest BCUT2D eigenvalue weighted by molar-refractivity contribution is 5.75. The average Bonchev–Trinajstić information content (AvgIpc) is 2.78. The van der Waals surface area contributed by atoms with Crippen LogP contribution in [0.2, 0.25) is 0 Å². The van der Waals surface area contributed by atoms with Crippen LogP contribution in [0.25, 0.3) is 11.0 Å². The fourth-order valence-electron chi connectivity index (χ4n) is 2.85. The van der Waals surface area contributed by atoms with Gasteiger partial charge in [0.2, 0.25) is 0 Å². The summed E-state index contributed by atoms with van der Waals surface area (Å²) in [4.78, 5) is 4.74. The molecule has 2 atom stereocenters. The van der Waals surface area contributed by atoms with Crippen LogP contribution in [0.1, 0.15) is 31.6 Å². The fraction of sp³-hybridized carbons (Fsp3) is 0.533. The van der Waals surface area contributed by atoms with Gasteiger partial charge in [-0.1, -0.05) is 12.1 Å². The second-order valence-corrected chi connectivity index (χ2v) is 5.32. The highest BCUT2D eigenvalue weighted by atomic mass is 16.5. The van der Waals surface area contributed by atoms with Gasteiger partial charge in [-0.15, -0.1) is 0 Å². The molecule has 19 heavy (non-hydrogen) atoms. The molecule has 0 radical (unpaired) electrons. The van der Waals surface area contributed by atoms with Crippen molar-refractivity contribution in [3.8, 4) is 0 Å². The number of para-hydroxylation sites is 2. The van der Waals surface area contributed by atoms with Crippen LogP contribution >= 0.6 is 0 Å². The van der Waals surface area contributed by atoms with E-state index in [-0.39, 0.29) is 6.04 Å². The van der Waals surface area contributed by atoms with Gasteiger partial charge >= 0.3 is 0 Å². The number of aromatic nitrogens is 2. The SMILES string of the molecule is CC(NC1CCCOC1)c1nc2ccccc2n1C. The van der Waals surface area contributed by atoms with E-state index in [1.54, 1.807) is 0 Å². The summed E-state index contributed by atoms with van der Waals surface area (Å²) in [5.41, 5.74) is 2.25. The van der Waals surface area contributed by atoms with Gasteiger partial charge in [-0.2, -0.15) is 0 Å². The number of nitrogens with one attached hydrogen (secondary N) is 1. The van der Waals surface area contributed by atoms with E-state index in [0.717, 1.165) is 31.0 Å². The minimum Gasteiger partial charge on any atom is -0.380 e. The first-order valence-corrected chi connectivity index (χ1v) is 7.01. The molecule has 2 heterocycles. The van der Waals surface area contributed by atoms with E-state index < -0.39 is 0 Å². The molecule has 1 aliphatic rings. The lowest BCUT2D eigenvalue weighted by Gasteiger charge is -2.26. The molecule has 4 heteroatoms. The van der Waals surface area contributed by atoms with E-state index in [1.165, 1.54) is 11.9 Å². The van der Waals surface area contributed by atoms with Crippen molar-refractivity contribution in [2.45, 2.75) is 31.8 Å². The van der Waals surface area contributed by atoms with Crippen molar-refractivity contribution in [3.05, 3.63) is 30.1 Å². The van der Waals surface area contributed by atoms with E-state index in [2.05, 4.69) is 42.1 Å². The van der Waals surface area contributed by atoms with E-state index in [4.69, 9.17) is 9.72 Å². The molecule has 102 valence electrons. The molecule has 2 unspecified atom stereocenters. The zero-order valence-electron chi connectivity index (χ0n) is 11.6. The van der Waals surface area contributed by atoms with Crippen LogP contribution in [0.4, 0.5) is 0 Å². The first-order valence-electron chi connectivity index (χ1n) is 7.01. The Kier molecular flexibility index (Phi) is 3.53. The number of hydrogen-bond donors (Lipinski definition) is 1. The predicted molar refractivity (Wildman–Crippen MR) is 76.1 cm³/mol. The Hall–Kier alpha value is -1.39. The molecular weight excluding hydrogens is 238 g/mol. The topological polar surface area (TPSA) is 39.1 Å². The molecule has 2 aromatic rings. The number of nitrogens with zero attached hydrogens (tertiary/aromatic N) is 2. The van der Waals surface area contributed by atoms with Gasteiger partial charge in [0.05, 0.1) is 23.7 Å². The molecule has 1 fully saturated rings. The van der Waals surface area contributed by atoms with Gasteiger partial charge in [0, 0.05) is 19.7 Å². The summed E-state index contributed by atoms with van der Waals surface area (Å²) in [6, 6.07) is 8.96. The monoisotopic (exact) mass is 259 g/mol. The molecule has 1 aromatic heterocycles. The summed E-state index contributed by atoms with van der Waals surface area (Å²) in [6.07, 6.45) is 2.33. The van der Waals surface area contributed by atoms with Gasteiger partial charge in [-0.05, 0) is 31.9 Å². The molecule has 0 spiro atoms. The van der Waals surface area contributed by atoms with Gasteiger partial charge in [0.15, 0.2) is 0 Å². The average molecular weight is 259 g/mol. The summed E-state index contributed by atoms with van der Waals surface area (Å²) in [5.74, 6) is 1.09. The van der Waals surface area contributed by atoms with Crippen LogP contribution in [-0.2, 0) is 11.8 Å². The lowest BCUT2D eigenvalue weighted by Crippen LogP contribution is -2.38. The second-order valence-electron chi connectivity index (χ2n) is 5.32. The predicted octanol–water partition coefficient (Wildman–Crippen LogP) is 2.40. The summed E-state index contributed by atoms with van der Waals surface area (Å²) in [6.45, 7) is 3.89. The van der Waals surface area contributed by atoms with E-state index in [1.807, 2.05) is 6.07 Å². The molecule has 4 nitrogen and oxygen atoms in total. The normalized spacial score (nSPS) is 21.7. The zero-order chi connectivity index (χ0) is 13.2. The van der Waals surface area contributed by atoms with E-state index in [0.29, 0.717) is 6.04 Å². The van der Waals surface area contributed by atoms with Crippen LogP contribution in [0, 0.1) is 0 Å². The number of benzene rings is 1. The third kappa shape index (κ3) is 2.51. The van der Waals surface area contributed by atoms with E-state index in [9.17, 15) is 0 Å². The molecule has 1 saturated heterocycles. The lowest BCUT2D eigenvalue weighted by atomic mass is 10.1. The van der Waals surface area contributed by atoms with Crippen LogP contribution in [0.15, 0.2) is 24.3 Å². The maximum atomic E-state index is 5.52.